The molecule has 0 amide bonds. The highest BCUT2D eigenvalue weighted by Gasteiger charge is 2.37. The predicted octanol–water partition coefficient (Wildman–Crippen LogP) is 4.17. The molecule has 38 heavy (non-hydrogen) atoms. The lowest BCUT2D eigenvalue weighted by atomic mass is 9.75. The Morgan fingerprint density at radius 3 is 2.76 bits per heavy atom. The predicted molar refractivity (Wildman–Crippen MR) is 151 cm³/mol. The Balaban J connectivity index is 1.54. The molecular weight excluding hydrogens is 496 g/mol. The van der Waals surface area contributed by atoms with Crippen molar-refractivity contribution in [2.45, 2.75) is 76.7 Å². The minimum absolute atomic E-state index is 0.176. The summed E-state index contributed by atoms with van der Waals surface area (Å²) in [7, 11) is -1.18. The molecule has 3 aromatic rings. The van der Waals surface area contributed by atoms with E-state index in [0.717, 1.165) is 48.0 Å². The molecule has 10 heteroatoms. The Bertz CT molecular complexity index is 1300. The molecule has 9 nitrogen and oxygen atoms in total. The van der Waals surface area contributed by atoms with Crippen molar-refractivity contribution in [1.29, 1.82) is 0 Å². The molecule has 0 unspecified atom stereocenters. The van der Waals surface area contributed by atoms with Gasteiger partial charge in [-0.25, -0.2) is 9.67 Å². The third-order valence-electron chi connectivity index (χ3n) is 7.86. The zero-order chi connectivity index (χ0) is 26.9. The summed E-state index contributed by atoms with van der Waals surface area (Å²) < 4.78 is 15.3. The van der Waals surface area contributed by atoms with Crippen molar-refractivity contribution >= 4 is 24.9 Å². The maximum atomic E-state index is 11.9. The zero-order valence-corrected chi connectivity index (χ0v) is 24.1. The highest BCUT2D eigenvalue weighted by Crippen LogP contribution is 2.43. The van der Waals surface area contributed by atoms with Crippen LogP contribution in [-0.2, 0) is 21.8 Å². The van der Waals surface area contributed by atoms with Gasteiger partial charge >= 0.3 is 0 Å². The first-order chi connectivity index (χ1) is 18.2. The summed E-state index contributed by atoms with van der Waals surface area (Å²) in [6.45, 7) is 12.3. The average molecular weight is 537 g/mol. The largest absolute Gasteiger partial charge is 0.385 e. The van der Waals surface area contributed by atoms with Crippen LogP contribution in [0.5, 0.6) is 0 Å². The van der Waals surface area contributed by atoms with E-state index in [1.165, 1.54) is 0 Å². The lowest BCUT2D eigenvalue weighted by Gasteiger charge is -2.37. The minimum atomic E-state index is -1.18. The van der Waals surface area contributed by atoms with E-state index in [9.17, 15) is 5.11 Å². The van der Waals surface area contributed by atoms with E-state index in [0.29, 0.717) is 45.0 Å². The maximum absolute atomic E-state index is 11.9. The second-order valence-corrected chi connectivity index (χ2v) is 17.6. The van der Waals surface area contributed by atoms with E-state index in [1.54, 1.807) is 6.20 Å². The molecule has 0 aromatic carbocycles. The minimum Gasteiger partial charge on any atom is -0.385 e. The molecule has 0 radical (unpaired) electrons. The fourth-order valence-electron chi connectivity index (χ4n) is 5.42. The summed E-state index contributed by atoms with van der Waals surface area (Å²) in [5.41, 5.74) is 0.593. The number of aromatic nitrogens is 5. The number of terminal acetylenes is 1. The second-order valence-electron chi connectivity index (χ2n) is 11.9. The van der Waals surface area contributed by atoms with Gasteiger partial charge in [0.1, 0.15) is 12.5 Å². The molecule has 1 N–H and O–H groups in total. The molecule has 1 aliphatic carbocycles. The van der Waals surface area contributed by atoms with Crippen molar-refractivity contribution in [3.63, 3.8) is 0 Å². The van der Waals surface area contributed by atoms with E-state index in [1.807, 2.05) is 21.6 Å². The Morgan fingerprint density at radius 2 is 2.05 bits per heavy atom. The summed E-state index contributed by atoms with van der Waals surface area (Å²) in [5, 5.41) is 22.0. The van der Waals surface area contributed by atoms with Gasteiger partial charge in [0, 0.05) is 38.6 Å². The Hall–Kier alpha value is -2.71. The molecule has 3 aromatic heterocycles. The molecule has 0 spiro atoms. The van der Waals surface area contributed by atoms with Crippen molar-refractivity contribution in [2.75, 3.05) is 31.3 Å². The van der Waals surface area contributed by atoms with Gasteiger partial charge < -0.3 is 19.5 Å². The summed E-state index contributed by atoms with van der Waals surface area (Å²) in [6.07, 6.45) is 12.1. The van der Waals surface area contributed by atoms with Crippen LogP contribution in [0.4, 0.5) is 5.82 Å². The Kier molecular flexibility index (Phi) is 7.64. The molecule has 1 saturated heterocycles. The number of nitrogens with zero attached hydrogens (tertiary/aromatic N) is 6. The third-order valence-corrected chi connectivity index (χ3v) is 9.56. The van der Waals surface area contributed by atoms with Crippen LogP contribution in [0.15, 0.2) is 24.5 Å². The van der Waals surface area contributed by atoms with Crippen LogP contribution in [0, 0.1) is 18.3 Å². The van der Waals surface area contributed by atoms with E-state index in [2.05, 4.69) is 48.6 Å². The van der Waals surface area contributed by atoms with Gasteiger partial charge in [0.15, 0.2) is 11.5 Å². The lowest BCUT2D eigenvalue weighted by molar-refractivity contribution is -0.00660. The van der Waals surface area contributed by atoms with Crippen LogP contribution in [0.2, 0.25) is 25.7 Å². The third kappa shape index (κ3) is 5.52. The fourth-order valence-corrected chi connectivity index (χ4v) is 6.18. The first-order valence-electron chi connectivity index (χ1n) is 13.7. The molecular formula is C28H40N6O3Si. The molecule has 1 atom stereocenters. The number of aliphatic hydroxyl groups is 1. The first kappa shape index (κ1) is 26.9. The average Bonchev–Trinajstić information content (AvgIpc) is 3.53. The van der Waals surface area contributed by atoms with Gasteiger partial charge in [0.2, 0.25) is 0 Å². The van der Waals surface area contributed by atoms with Gasteiger partial charge in [0.25, 0.3) is 0 Å². The Morgan fingerprint density at radius 1 is 1.26 bits per heavy atom. The van der Waals surface area contributed by atoms with Gasteiger partial charge in [-0.1, -0.05) is 19.6 Å². The highest BCUT2D eigenvalue weighted by molar-refractivity contribution is 6.76. The molecule has 2 aliphatic rings. The van der Waals surface area contributed by atoms with Crippen LogP contribution in [0.25, 0.3) is 16.9 Å². The van der Waals surface area contributed by atoms with Crippen LogP contribution >= 0.6 is 0 Å². The molecule has 4 heterocycles. The molecule has 0 bridgehead atoms. The summed E-state index contributed by atoms with van der Waals surface area (Å²) in [4.78, 5) is 7.36. The van der Waals surface area contributed by atoms with Gasteiger partial charge in [0.05, 0.1) is 37.3 Å². The summed E-state index contributed by atoms with van der Waals surface area (Å²) in [6, 6.07) is 5.25. The number of rotatable bonds is 8. The molecule has 2 fully saturated rings. The standard InChI is InChI=1S/C28H40N6O3Si/c1-6-22-7-10-28(35,11-8-22)24-17-25(32-13-14-36-19-21(32)2)31-27-23(24)18-30-34(27)26-9-12-29-33(26)20-37-15-16-38(3,4)5/h1,9,12,17-18,21-22,35H,7-8,10-11,13-16,19-20H2,2-5H3/t21-,22?,28?/m1/s1. The van der Waals surface area contributed by atoms with Crippen molar-refractivity contribution in [1.82, 2.24) is 24.5 Å². The maximum Gasteiger partial charge on any atom is 0.167 e. The smallest absolute Gasteiger partial charge is 0.167 e. The second kappa shape index (κ2) is 10.8. The number of pyridine rings is 1. The molecule has 1 aliphatic heterocycles. The van der Waals surface area contributed by atoms with E-state index >= 15 is 0 Å². The fraction of sp³-hybridized carbons (Fsp3) is 0.607. The van der Waals surface area contributed by atoms with Gasteiger partial charge in [-0.2, -0.15) is 14.9 Å². The molecule has 204 valence electrons. The topological polar surface area (TPSA) is 90.5 Å². The number of hydrogen-bond acceptors (Lipinski definition) is 7. The SMILES string of the molecule is C#CC1CCC(O)(c2cc(N3CCOC[C@H]3C)nc3c2cnn3-c2ccnn2COCC[Si](C)(C)C)CC1. The summed E-state index contributed by atoms with van der Waals surface area (Å²) in [5.74, 6) is 4.70. The number of fused-ring (bicyclic) bond motifs is 1. The van der Waals surface area contributed by atoms with Gasteiger partial charge in [-0.15, -0.1) is 12.3 Å². The van der Waals surface area contributed by atoms with Gasteiger partial charge in [-0.3, -0.25) is 0 Å². The normalized spacial score (nSPS) is 24.6. The Labute approximate surface area is 226 Å². The van der Waals surface area contributed by atoms with Crippen LogP contribution < -0.4 is 4.90 Å². The van der Waals surface area contributed by atoms with Crippen molar-refractivity contribution < 1.29 is 14.6 Å². The van der Waals surface area contributed by atoms with Gasteiger partial charge in [-0.05, 0) is 50.3 Å². The number of anilines is 1. The van der Waals surface area contributed by atoms with Crippen LogP contribution in [0.3, 0.4) is 0 Å². The van der Waals surface area contributed by atoms with Crippen LogP contribution in [-0.4, -0.2) is 70.1 Å². The quantitative estimate of drug-likeness (QED) is 0.263. The first-order valence-corrected chi connectivity index (χ1v) is 17.4. The lowest BCUT2D eigenvalue weighted by Crippen LogP contribution is -2.44. The zero-order valence-electron chi connectivity index (χ0n) is 23.1. The summed E-state index contributed by atoms with van der Waals surface area (Å²) >= 11 is 0. The van der Waals surface area contributed by atoms with E-state index in [-0.39, 0.29) is 12.0 Å². The van der Waals surface area contributed by atoms with E-state index < -0.39 is 13.7 Å². The van der Waals surface area contributed by atoms with Crippen LogP contribution in [0.1, 0.15) is 38.2 Å². The highest BCUT2D eigenvalue weighted by atomic mass is 28.3. The molecule has 1 saturated carbocycles. The number of hydrogen-bond donors (Lipinski definition) is 1. The van der Waals surface area contributed by atoms with E-state index in [4.69, 9.17) is 26.0 Å². The number of ether oxygens (including phenoxy) is 2. The van der Waals surface area contributed by atoms with Crippen molar-refractivity contribution in [2.24, 2.45) is 5.92 Å². The number of morpholine rings is 1. The monoisotopic (exact) mass is 536 g/mol. The van der Waals surface area contributed by atoms with Crippen molar-refractivity contribution in [3.05, 3.63) is 30.1 Å². The van der Waals surface area contributed by atoms with Crippen molar-refractivity contribution in [3.8, 4) is 18.2 Å². The molecule has 5 rings (SSSR count).